The van der Waals surface area contributed by atoms with E-state index in [4.69, 9.17) is 14.2 Å². The largest absolute Gasteiger partial charge is 0.423 e. The number of anilines is 9. The van der Waals surface area contributed by atoms with Gasteiger partial charge in [0.2, 0.25) is 0 Å². The molecule has 9 nitrogen and oxygen atoms in total. The minimum Gasteiger partial charge on any atom is -0.423 e. The molecule has 15 aromatic carbocycles. The summed E-state index contributed by atoms with van der Waals surface area (Å²) >= 11 is 0. The molecule has 0 aliphatic heterocycles. The third kappa shape index (κ3) is 13.2. The highest BCUT2D eigenvalue weighted by Crippen LogP contribution is 2.45. The van der Waals surface area contributed by atoms with Crippen LogP contribution in [-0.4, -0.2) is 17.9 Å². The predicted octanol–water partition coefficient (Wildman–Crippen LogP) is 23.5. The lowest BCUT2D eigenvalue weighted by molar-refractivity contribution is 0.0725. The second-order valence-corrected chi connectivity index (χ2v) is 25.5. The van der Waals surface area contributed by atoms with E-state index in [1.165, 1.54) is 0 Å². The Morgan fingerprint density at radius 1 is 0.248 bits per heavy atom. The van der Waals surface area contributed by atoms with Crippen molar-refractivity contribution in [2.75, 3.05) is 14.7 Å². The topological polar surface area (TPSA) is 88.6 Å². The Morgan fingerprint density at radius 3 is 0.713 bits per heavy atom. The molecule has 0 bridgehead atoms. The Balaban J connectivity index is 0.695. The molecule has 0 unspecified atom stereocenters. The molecule has 0 heterocycles. The fraction of sp³-hybridized carbons (Fsp3) is 0.0543. The molecule has 0 saturated heterocycles. The van der Waals surface area contributed by atoms with Crippen LogP contribution < -0.4 is 28.9 Å². The van der Waals surface area contributed by atoms with Crippen molar-refractivity contribution in [1.82, 2.24) is 0 Å². The molecule has 0 atom stereocenters. The monoisotopic (exact) mass is 1310 g/mol. The summed E-state index contributed by atoms with van der Waals surface area (Å²) in [5.41, 5.74) is 15.1. The molecular formula is C92H69N3O6. The molecule has 0 saturated carbocycles. The first-order valence-electron chi connectivity index (χ1n) is 33.7. The van der Waals surface area contributed by atoms with E-state index in [0.717, 1.165) is 117 Å². The van der Waals surface area contributed by atoms with E-state index < -0.39 is 23.3 Å². The van der Waals surface area contributed by atoms with Crippen molar-refractivity contribution < 1.29 is 28.6 Å². The summed E-state index contributed by atoms with van der Waals surface area (Å²) in [5.74, 6) is -0.425. The Hall–Kier alpha value is -13.1. The molecule has 0 radical (unpaired) electrons. The van der Waals surface area contributed by atoms with Crippen molar-refractivity contribution >= 4 is 101 Å². The summed E-state index contributed by atoms with van der Waals surface area (Å²) < 4.78 is 18.3. The molecule has 488 valence electrons. The second kappa shape index (κ2) is 27.8. The van der Waals surface area contributed by atoms with Gasteiger partial charge in [0.25, 0.3) is 0 Å². The lowest BCUT2D eigenvalue weighted by Gasteiger charge is -2.32. The fourth-order valence-electron chi connectivity index (χ4n) is 13.4. The molecule has 0 aliphatic carbocycles. The van der Waals surface area contributed by atoms with Gasteiger partial charge in [0, 0.05) is 55.7 Å². The number of hydrogen-bond acceptors (Lipinski definition) is 9. The number of carbonyl (C=O) groups excluding carboxylic acids is 3. The van der Waals surface area contributed by atoms with Crippen molar-refractivity contribution in [1.29, 1.82) is 0 Å². The maximum Gasteiger partial charge on any atom is 0.343 e. The van der Waals surface area contributed by atoms with Gasteiger partial charge >= 0.3 is 17.9 Å². The van der Waals surface area contributed by atoms with Gasteiger partial charge in [-0.15, -0.1) is 0 Å². The van der Waals surface area contributed by atoms with Gasteiger partial charge in [-0.05, 0) is 224 Å². The molecule has 0 amide bonds. The van der Waals surface area contributed by atoms with Crippen LogP contribution >= 0.6 is 0 Å². The Bertz CT molecular complexity index is 4940. The van der Waals surface area contributed by atoms with Gasteiger partial charge in [0.05, 0.1) is 33.8 Å². The summed E-state index contributed by atoms with van der Waals surface area (Å²) in [6, 6.07) is 114. The second-order valence-electron chi connectivity index (χ2n) is 25.5. The lowest BCUT2D eigenvalue weighted by atomic mass is 9.71. The van der Waals surface area contributed by atoms with Crippen LogP contribution in [0.1, 0.15) is 71.4 Å². The van der Waals surface area contributed by atoms with E-state index in [9.17, 15) is 14.4 Å². The van der Waals surface area contributed by atoms with Gasteiger partial charge in [0.15, 0.2) is 0 Å². The number of nitrogens with zero attached hydrogens (tertiary/aromatic N) is 3. The minimum absolute atomic E-state index is 0.362. The van der Waals surface area contributed by atoms with Gasteiger partial charge in [0.1, 0.15) is 17.2 Å². The van der Waals surface area contributed by atoms with Gasteiger partial charge in [-0.3, -0.25) is 0 Å². The van der Waals surface area contributed by atoms with Crippen LogP contribution in [0.2, 0.25) is 0 Å². The van der Waals surface area contributed by atoms with Gasteiger partial charge < -0.3 is 28.9 Å². The minimum atomic E-state index is -0.858. The van der Waals surface area contributed by atoms with Crippen molar-refractivity contribution in [2.45, 2.75) is 33.1 Å². The number of ether oxygens (including phenoxy) is 3. The summed E-state index contributed by atoms with van der Waals surface area (Å²) in [6.45, 7) is 8.33. The average molecular weight is 1310 g/mol. The van der Waals surface area contributed by atoms with Crippen molar-refractivity contribution in [3.63, 3.8) is 0 Å². The first kappa shape index (κ1) is 63.9. The smallest absolute Gasteiger partial charge is 0.343 e. The third-order valence-corrected chi connectivity index (χ3v) is 18.9. The lowest BCUT2D eigenvalue weighted by Crippen LogP contribution is -2.25. The number of hydrogen-bond donors (Lipinski definition) is 0. The van der Waals surface area contributed by atoms with Crippen molar-refractivity contribution in [3.8, 4) is 17.2 Å². The molecule has 15 aromatic rings. The number of rotatable bonds is 18. The summed E-state index contributed by atoms with van der Waals surface area (Å²) in [5, 5.41) is 6.68. The molecule has 0 N–H and O–H groups in total. The summed E-state index contributed by atoms with van der Waals surface area (Å²) in [4.78, 5) is 48.8. The van der Waals surface area contributed by atoms with Crippen LogP contribution in [0.4, 0.5) is 51.2 Å². The Kier molecular flexibility index (Phi) is 17.6. The van der Waals surface area contributed by atoms with E-state index >= 15 is 0 Å². The fourth-order valence-corrected chi connectivity index (χ4v) is 13.4. The van der Waals surface area contributed by atoms with Crippen LogP contribution in [0.25, 0.3) is 32.3 Å². The van der Waals surface area contributed by atoms with Crippen molar-refractivity contribution in [2.24, 2.45) is 0 Å². The zero-order valence-electron chi connectivity index (χ0n) is 56.2. The maximum absolute atomic E-state index is 14.1. The van der Waals surface area contributed by atoms with Crippen LogP contribution in [-0.2, 0) is 5.41 Å². The maximum atomic E-state index is 14.1. The highest BCUT2D eigenvalue weighted by Gasteiger charge is 2.32. The van der Waals surface area contributed by atoms with E-state index in [1.54, 1.807) is 72.8 Å². The van der Waals surface area contributed by atoms with Crippen LogP contribution in [0.15, 0.2) is 346 Å². The Morgan fingerprint density at radius 2 is 0.465 bits per heavy atom. The molecule has 0 aromatic heterocycles. The molecule has 0 fully saturated rings. The number of fused-ring (bicyclic) bond motifs is 3. The highest BCUT2D eigenvalue weighted by molar-refractivity contribution is 6.02. The number of esters is 3. The van der Waals surface area contributed by atoms with E-state index in [0.29, 0.717) is 33.9 Å². The zero-order valence-corrected chi connectivity index (χ0v) is 56.2. The van der Waals surface area contributed by atoms with E-state index in [2.05, 4.69) is 206 Å². The van der Waals surface area contributed by atoms with Crippen LogP contribution in [0, 0.1) is 20.8 Å². The first-order chi connectivity index (χ1) is 49.4. The quantitative estimate of drug-likeness (QED) is 0.0473. The van der Waals surface area contributed by atoms with Crippen LogP contribution in [0.5, 0.6) is 17.2 Å². The number of aryl methyl sites for hydroxylation is 3. The van der Waals surface area contributed by atoms with Crippen molar-refractivity contribution in [3.05, 3.63) is 396 Å². The number of benzene rings is 15. The van der Waals surface area contributed by atoms with Gasteiger partial charge in [-0.25, -0.2) is 14.4 Å². The highest BCUT2D eigenvalue weighted by atomic mass is 16.5. The third-order valence-electron chi connectivity index (χ3n) is 18.9. The molecule has 0 spiro atoms. The van der Waals surface area contributed by atoms with Gasteiger partial charge in [-0.1, -0.05) is 199 Å². The molecule has 9 heteroatoms. The summed E-state index contributed by atoms with van der Waals surface area (Å²) in [6.07, 6.45) is 0. The van der Waals surface area contributed by atoms with Crippen LogP contribution in [0.3, 0.4) is 0 Å². The SMILES string of the molecule is Cc1ccc(N(c2ccc(C(=O)Oc3ccc(C(C)(c4ccc(OC(=O)c5ccc(N(c6ccc(C)cc6)c6cccc7ccccc67)cc5)cc4)c4ccc(OC(=O)c5ccc(N(c6ccc(C)cc6)c6cccc7ccccc67)cc5)cc4)cc3)cc2)c2cccc3ccccc23)cc1. The molecular weight excluding hydrogens is 1240 g/mol. The van der Waals surface area contributed by atoms with E-state index in [1.807, 2.05) is 109 Å². The molecule has 0 aliphatic rings. The summed E-state index contributed by atoms with van der Waals surface area (Å²) in [7, 11) is 0. The standard InChI is InChI=1S/C92H69N3O6/c1-62-26-44-74(45-27-62)93(86-23-11-17-65-14-5-8-20-83(65)86)77-50-32-68(33-51-77)89(96)99-80-56-38-71(39-57-80)92(4,72-40-58-81(59-41-72)100-90(97)69-34-52-78(53-35-69)94(75-46-28-63(2)29-47-75)87-24-12-18-66-15-6-9-21-84(66)87)73-42-60-82(61-43-73)101-91(98)70-36-54-79(55-37-70)95(76-48-30-64(3)31-49-76)88-25-13-19-67-16-7-10-22-85(67)88/h5-61H,1-4H3. The zero-order chi connectivity index (χ0) is 69.0. The number of carbonyl (C=O) groups is 3. The molecule has 15 rings (SSSR count). The van der Waals surface area contributed by atoms with Gasteiger partial charge in [-0.2, -0.15) is 0 Å². The average Bonchev–Trinajstić information content (AvgIpc) is 0.770. The molecule has 101 heavy (non-hydrogen) atoms. The normalized spacial score (nSPS) is 11.3. The Labute approximate surface area is 587 Å². The first-order valence-corrected chi connectivity index (χ1v) is 33.7. The van der Waals surface area contributed by atoms with E-state index in [-0.39, 0.29) is 0 Å². The predicted molar refractivity (Wildman–Crippen MR) is 410 cm³/mol.